The molecule has 0 N–H and O–H groups in total. The van der Waals surface area contributed by atoms with Gasteiger partial charge in [0, 0.05) is 19.2 Å². The standard InChI is InChI=1S/C19H40NO5PS/c1-10-18(4,5)14-17(15-20(8)9)24-26(22,25-19(6,7)11-2)23-12-13-27-16(3)21/h17H,10-15H2,1-9H3. The maximum Gasteiger partial charge on any atom is 0.475 e. The van der Waals surface area contributed by atoms with Gasteiger partial charge in [0.25, 0.3) is 0 Å². The highest BCUT2D eigenvalue weighted by Gasteiger charge is 2.38. The van der Waals surface area contributed by atoms with Gasteiger partial charge in [0.05, 0.1) is 18.3 Å². The average molecular weight is 426 g/mol. The molecule has 8 heteroatoms. The fourth-order valence-electron chi connectivity index (χ4n) is 2.27. The van der Waals surface area contributed by atoms with Gasteiger partial charge in [-0.05, 0) is 46.2 Å². The number of phosphoric acid groups is 1. The molecule has 0 saturated heterocycles. The molecule has 2 atom stereocenters. The summed E-state index contributed by atoms with van der Waals surface area (Å²) in [5, 5.41) is -0.000614. The first kappa shape index (κ1) is 27.1. The molecule has 0 aromatic carbocycles. The van der Waals surface area contributed by atoms with Gasteiger partial charge in [0.2, 0.25) is 0 Å². The Morgan fingerprint density at radius 3 is 2.19 bits per heavy atom. The molecule has 0 radical (unpaired) electrons. The number of hydrogen-bond acceptors (Lipinski definition) is 7. The normalized spacial score (nSPS) is 16.4. The van der Waals surface area contributed by atoms with Crippen molar-refractivity contribution >= 4 is 24.7 Å². The van der Waals surface area contributed by atoms with E-state index in [2.05, 4.69) is 20.8 Å². The van der Waals surface area contributed by atoms with Crippen LogP contribution in [0.25, 0.3) is 0 Å². The van der Waals surface area contributed by atoms with Crippen LogP contribution in [0.2, 0.25) is 0 Å². The fourth-order valence-corrected chi connectivity index (χ4v) is 4.56. The van der Waals surface area contributed by atoms with Gasteiger partial charge in [-0.15, -0.1) is 0 Å². The summed E-state index contributed by atoms with van der Waals surface area (Å²) in [5.41, 5.74) is -0.581. The Balaban J connectivity index is 5.33. The van der Waals surface area contributed by atoms with Gasteiger partial charge < -0.3 is 4.90 Å². The third-order valence-corrected chi connectivity index (χ3v) is 6.98. The van der Waals surface area contributed by atoms with Crippen LogP contribution in [0.1, 0.15) is 67.7 Å². The fraction of sp³-hybridized carbons (Fsp3) is 0.947. The summed E-state index contributed by atoms with van der Waals surface area (Å²) in [7, 11) is 0.142. The molecular formula is C19H40NO5PS. The van der Waals surface area contributed by atoms with Crippen molar-refractivity contribution in [2.75, 3.05) is 33.0 Å². The Morgan fingerprint density at radius 1 is 1.15 bits per heavy atom. The van der Waals surface area contributed by atoms with E-state index in [1.165, 1.54) is 6.92 Å². The first-order valence-electron chi connectivity index (χ1n) is 9.66. The van der Waals surface area contributed by atoms with Crippen LogP contribution in [0.3, 0.4) is 0 Å². The molecule has 0 bridgehead atoms. The van der Waals surface area contributed by atoms with Crippen molar-refractivity contribution in [1.29, 1.82) is 0 Å². The van der Waals surface area contributed by atoms with E-state index in [1.54, 1.807) is 0 Å². The molecule has 0 amide bonds. The van der Waals surface area contributed by atoms with E-state index < -0.39 is 13.4 Å². The molecule has 27 heavy (non-hydrogen) atoms. The highest BCUT2D eigenvalue weighted by atomic mass is 32.2. The second-order valence-corrected chi connectivity index (χ2v) is 11.4. The predicted molar refractivity (Wildman–Crippen MR) is 114 cm³/mol. The third-order valence-electron chi connectivity index (χ3n) is 4.43. The highest BCUT2D eigenvalue weighted by molar-refractivity contribution is 8.13. The number of rotatable bonds is 14. The van der Waals surface area contributed by atoms with Gasteiger partial charge in [-0.3, -0.25) is 18.4 Å². The summed E-state index contributed by atoms with van der Waals surface area (Å²) in [6, 6.07) is 0. The van der Waals surface area contributed by atoms with Crippen molar-refractivity contribution in [2.24, 2.45) is 5.41 Å². The summed E-state index contributed by atoms with van der Waals surface area (Å²) >= 11 is 1.13. The van der Waals surface area contributed by atoms with Crippen LogP contribution in [0, 0.1) is 5.41 Å². The minimum Gasteiger partial charge on any atom is -0.307 e. The second kappa shape index (κ2) is 11.9. The van der Waals surface area contributed by atoms with Crippen molar-refractivity contribution in [2.45, 2.75) is 79.4 Å². The second-order valence-electron chi connectivity index (χ2n) is 8.54. The summed E-state index contributed by atoms with van der Waals surface area (Å²) < 4.78 is 30.9. The van der Waals surface area contributed by atoms with E-state index in [-0.39, 0.29) is 23.2 Å². The molecule has 6 nitrogen and oxygen atoms in total. The van der Waals surface area contributed by atoms with Gasteiger partial charge in [-0.1, -0.05) is 45.9 Å². The Kier molecular flexibility index (Phi) is 12.0. The van der Waals surface area contributed by atoms with E-state index in [9.17, 15) is 9.36 Å². The van der Waals surface area contributed by atoms with Crippen molar-refractivity contribution in [3.05, 3.63) is 0 Å². The average Bonchev–Trinajstić information content (AvgIpc) is 2.49. The first-order chi connectivity index (χ1) is 12.2. The number of carbonyl (C=O) groups is 1. The summed E-state index contributed by atoms with van der Waals surface area (Å²) in [6.07, 6.45) is 2.12. The number of likely N-dealkylation sites (N-methyl/N-ethyl adjacent to an activating group) is 1. The molecule has 0 spiro atoms. The van der Waals surface area contributed by atoms with Gasteiger partial charge in [-0.2, -0.15) is 0 Å². The van der Waals surface area contributed by atoms with E-state index in [4.69, 9.17) is 13.6 Å². The lowest BCUT2D eigenvalue weighted by atomic mass is 9.84. The zero-order valence-electron chi connectivity index (χ0n) is 18.7. The number of carbonyl (C=O) groups excluding carboxylic acids is 1. The smallest absolute Gasteiger partial charge is 0.307 e. The zero-order valence-corrected chi connectivity index (χ0v) is 20.4. The van der Waals surface area contributed by atoms with Crippen LogP contribution in [-0.2, 0) is 22.9 Å². The Morgan fingerprint density at radius 2 is 1.74 bits per heavy atom. The molecule has 0 fully saturated rings. The minimum atomic E-state index is -3.78. The molecular weight excluding hydrogens is 385 g/mol. The lowest BCUT2D eigenvalue weighted by molar-refractivity contribution is -0.109. The van der Waals surface area contributed by atoms with Crippen LogP contribution >= 0.6 is 19.6 Å². The van der Waals surface area contributed by atoms with Gasteiger partial charge in [0.15, 0.2) is 5.12 Å². The van der Waals surface area contributed by atoms with Crippen molar-refractivity contribution in [1.82, 2.24) is 4.90 Å². The Labute approximate surface area is 170 Å². The lowest BCUT2D eigenvalue weighted by Gasteiger charge is -2.34. The van der Waals surface area contributed by atoms with Crippen molar-refractivity contribution in [3.63, 3.8) is 0 Å². The maximum atomic E-state index is 13.4. The summed E-state index contributed by atoms with van der Waals surface area (Å²) in [5.74, 6) is 0.414. The SMILES string of the molecule is CCC(C)(C)CC(CN(C)C)OP(=O)(OCCSC(C)=O)OC(C)(C)CC. The molecule has 0 aromatic heterocycles. The molecule has 0 aliphatic carbocycles. The molecule has 0 rings (SSSR count). The molecule has 0 aliphatic heterocycles. The maximum absolute atomic E-state index is 13.4. The summed E-state index contributed by atoms with van der Waals surface area (Å²) in [6.45, 7) is 14.4. The number of phosphoric ester groups is 1. The third kappa shape index (κ3) is 13.0. The Bertz CT molecular complexity index is 496. The molecule has 0 aliphatic rings. The van der Waals surface area contributed by atoms with Crippen LogP contribution in [0.5, 0.6) is 0 Å². The molecule has 162 valence electrons. The zero-order chi connectivity index (χ0) is 21.3. The largest absolute Gasteiger partial charge is 0.475 e. The monoisotopic (exact) mass is 425 g/mol. The first-order valence-corrected chi connectivity index (χ1v) is 12.1. The number of hydrogen-bond donors (Lipinski definition) is 0. The van der Waals surface area contributed by atoms with E-state index in [0.29, 0.717) is 18.7 Å². The van der Waals surface area contributed by atoms with E-state index in [0.717, 1.165) is 24.6 Å². The molecule has 0 heterocycles. The van der Waals surface area contributed by atoms with Crippen molar-refractivity contribution < 1.29 is 22.9 Å². The van der Waals surface area contributed by atoms with Gasteiger partial charge in [0.1, 0.15) is 0 Å². The van der Waals surface area contributed by atoms with Crippen molar-refractivity contribution in [3.8, 4) is 0 Å². The molecule has 0 saturated carbocycles. The van der Waals surface area contributed by atoms with Crippen LogP contribution in [0.4, 0.5) is 0 Å². The molecule has 2 unspecified atom stereocenters. The number of thioether (sulfide) groups is 1. The van der Waals surface area contributed by atoms with E-state index in [1.807, 2.05) is 39.8 Å². The highest BCUT2D eigenvalue weighted by Crippen LogP contribution is 2.55. The number of nitrogens with zero attached hydrogens (tertiary/aromatic N) is 1. The predicted octanol–water partition coefficient (Wildman–Crippen LogP) is 5.37. The van der Waals surface area contributed by atoms with Gasteiger partial charge in [-0.25, -0.2) is 4.57 Å². The summed E-state index contributed by atoms with van der Waals surface area (Å²) in [4.78, 5) is 13.1. The van der Waals surface area contributed by atoms with Crippen LogP contribution in [0.15, 0.2) is 0 Å². The van der Waals surface area contributed by atoms with Crippen LogP contribution in [-0.4, -0.2) is 54.7 Å². The van der Waals surface area contributed by atoms with Crippen LogP contribution < -0.4 is 0 Å². The van der Waals surface area contributed by atoms with Gasteiger partial charge >= 0.3 is 7.82 Å². The quantitative estimate of drug-likeness (QED) is 0.274. The van der Waals surface area contributed by atoms with E-state index >= 15 is 0 Å². The topological polar surface area (TPSA) is 65.1 Å². The lowest BCUT2D eigenvalue weighted by Crippen LogP contribution is -2.33. The minimum absolute atomic E-state index is 0.000614. The Hall–Kier alpha value is 0.0900. The molecule has 0 aromatic rings.